The van der Waals surface area contributed by atoms with Crippen molar-refractivity contribution in [2.45, 2.75) is 19.7 Å². The summed E-state index contributed by atoms with van der Waals surface area (Å²) in [5, 5.41) is 0. The first-order chi connectivity index (χ1) is 5.24. The monoisotopic (exact) mass is 158 g/mol. The van der Waals surface area contributed by atoms with Crippen LogP contribution in [-0.4, -0.2) is 27.1 Å². The molecule has 0 aliphatic carbocycles. The van der Waals surface area contributed by atoms with Gasteiger partial charge in [0.15, 0.2) is 0 Å². The zero-order valence-corrected chi connectivity index (χ0v) is 6.68. The van der Waals surface area contributed by atoms with Crippen molar-refractivity contribution in [1.82, 2.24) is 0 Å². The average Bonchev–Trinajstić information content (AvgIpc) is 2.01. The van der Waals surface area contributed by atoms with Gasteiger partial charge in [-0.05, 0) is 12.8 Å². The van der Waals surface area contributed by atoms with Crippen molar-refractivity contribution in [3.05, 3.63) is 0 Å². The second-order valence-corrected chi connectivity index (χ2v) is 2.27. The highest BCUT2D eigenvalue weighted by Crippen LogP contribution is 2.08. The maximum Gasteiger partial charge on any atom is 0.306 e. The molecule has 0 aliphatic rings. The molecule has 0 aliphatic heterocycles. The number of carbonyl (C=O) groups is 1. The largest absolute Gasteiger partial charge is 0.466 e. The highest BCUT2D eigenvalue weighted by molar-refractivity contribution is 6.08. The number of ether oxygens (including phenoxy) is 1. The molecule has 4 heteroatoms. The third kappa shape index (κ3) is 4.82. The van der Waals surface area contributed by atoms with Crippen molar-refractivity contribution >= 4 is 13.8 Å². The summed E-state index contributed by atoms with van der Waals surface area (Å²) in [6.07, 6.45) is 0.274. The minimum Gasteiger partial charge on any atom is -0.466 e. The number of hydrogen-bond acceptors (Lipinski definition) is 2. The first-order valence-electron chi connectivity index (χ1n) is 3.66. The number of halogens is 1. The summed E-state index contributed by atoms with van der Waals surface area (Å²) in [6.45, 7) is 1.49. The molecule has 0 aromatic carbocycles. The maximum absolute atomic E-state index is 12.0. The Morgan fingerprint density at radius 1 is 1.73 bits per heavy atom. The van der Waals surface area contributed by atoms with Gasteiger partial charge < -0.3 is 4.74 Å². The average molecular weight is 158 g/mol. The van der Waals surface area contributed by atoms with E-state index < -0.39 is 6.67 Å². The van der Waals surface area contributed by atoms with E-state index in [2.05, 4.69) is 4.74 Å². The fraction of sp³-hybridized carbons (Fsp3) is 0.857. The Labute approximate surface area is 67.5 Å². The summed E-state index contributed by atoms with van der Waals surface area (Å²) in [7, 11) is 5.18. The highest BCUT2D eigenvalue weighted by Gasteiger charge is 2.11. The molecule has 0 N–H and O–H groups in total. The second kappa shape index (κ2) is 6.19. The molecule has 0 saturated heterocycles. The van der Waals surface area contributed by atoms with Crippen LogP contribution < -0.4 is 0 Å². The Morgan fingerprint density at radius 3 is 2.73 bits per heavy atom. The molecule has 0 heterocycles. The fourth-order valence-electron chi connectivity index (χ4n) is 0.656. The van der Waals surface area contributed by atoms with Crippen LogP contribution in [0.1, 0.15) is 13.3 Å². The van der Waals surface area contributed by atoms with Crippen LogP contribution in [0.4, 0.5) is 4.39 Å². The van der Waals surface area contributed by atoms with E-state index in [0.29, 0.717) is 6.61 Å². The first-order valence-corrected chi connectivity index (χ1v) is 3.66. The normalized spacial score (nSPS) is 12.5. The predicted molar refractivity (Wildman–Crippen MR) is 41.3 cm³/mol. The topological polar surface area (TPSA) is 26.3 Å². The van der Waals surface area contributed by atoms with Gasteiger partial charge in [-0.3, -0.25) is 9.18 Å². The quantitative estimate of drug-likeness (QED) is 0.442. The van der Waals surface area contributed by atoms with Crippen molar-refractivity contribution < 1.29 is 13.9 Å². The predicted octanol–water partition coefficient (Wildman–Crippen LogP) is 1.11. The highest BCUT2D eigenvalue weighted by atomic mass is 19.1. The molecular weight excluding hydrogens is 146 g/mol. The first kappa shape index (κ1) is 10.5. The summed E-state index contributed by atoms with van der Waals surface area (Å²) in [4.78, 5) is 10.7. The van der Waals surface area contributed by atoms with Gasteiger partial charge in [0.05, 0.1) is 27.5 Å². The zero-order chi connectivity index (χ0) is 8.69. The molecule has 0 aromatic rings. The third-order valence-corrected chi connectivity index (χ3v) is 1.31. The van der Waals surface area contributed by atoms with E-state index in [0.717, 1.165) is 0 Å². The molecule has 0 spiro atoms. The summed E-state index contributed by atoms with van der Waals surface area (Å²) in [5.41, 5.74) is 0. The Bertz CT molecular complexity index is 115. The van der Waals surface area contributed by atoms with Crippen molar-refractivity contribution in [3.63, 3.8) is 0 Å². The van der Waals surface area contributed by atoms with Crippen LogP contribution >= 0.6 is 0 Å². The minimum atomic E-state index is -0.560. The van der Waals surface area contributed by atoms with Crippen LogP contribution in [0.5, 0.6) is 0 Å². The molecule has 2 nitrogen and oxygen atoms in total. The van der Waals surface area contributed by atoms with E-state index in [-0.39, 0.29) is 24.6 Å². The zero-order valence-electron chi connectivity index (χ0n) is 6.68. The van der Waals surface area contributed by atoms with Crippen LogP contribution in [0.3, 0.4) is 0 Å². The second-order valence-electron chi connectivity index (χ2n) is 2.27. The van der Waals surface area contributed by atoms with Gasteiger partial charge in [0.2, 0.25) is 0 Å². The lowest BCUT2D eigenvalue weighted by Gasteiger charge is -2.08. The van der Waals surface area contributed by atoms with Crippen molar-refractivity contribution in [3.8, 4) is 0 Å². The molecule has 0 saturated carbocycles. The van der Waals surface area contributed by atoms with Gasteiger partial charge in [-0.2, -0.15) is 0 Å². The van der Waals surface area contributed by atoms with Crippen molar-refractivity contribution in [1.29, 1.82) is 0 Å². The standard InChI is InChI=1S/C7H12BFO2/c1-2-11-7(10)3-6(4-8)5-9/h6H,2-5H2,1H3/t6-/m0/s1. The van der Waals surface area contributed by atoms with Crippen molar-refractivity contribution in [2.75, 3.05) is 13.3 Å². The number of esters is 1. The lowest BCUT2D eigenvalue weighted by molar-refractivity contribution is -0.144. The molecule has 0 unspecified atom stereocenters. The molecule has 0 fully saturated rings. The summed E-state index contributed by atoms with van der Waals surface area (Å²) < 4.78 is 16.6. The van der Waals surface area contributed by atoms with Crippen LogP contribution in [0.15, 0.2) is 0 Å². The smallest absolute Gasteiger partial charge is 0.306 e. The minimum absolute atomic E-state index is 0.0842. The number of carbonyl (C=O) groups excluding carboxylic acids is 1. The van der Waals surface area contributed by atoms with E-state index in [1.54, 1.807) is 6.92 Å². The van der Waals surface area contributed by atoms with E-state index in [1.165, 1.54) is 0 Å². The van der Waals surface area contributed by atoms with E-state index in [9.17, 15) is 9.18 Å². The molecule has 2 radical (unpaired) electrons. The van der Waals surface area contributed by atoms with Gasteiger partial charge in [-0.1, -0.05) is 6.32 Å². The van der Waals surface area contributed by atoms with Crippen LogP contribution in [0, 0.1) is 5.92 Å². The summed E-state index contributed by atoms with van der Waals surface area (Å²) in [5.74, 6) is -0.755. The van der Waals surface area contributed by atoms with Crippen LogP contribution in [0.25, 0.3) is 0 Å². The van der Waals surface area contributed by atoms with Crippen molar-refractivity contribution in [2.24, 2.45) is 5.92 Å². The molecule has 0 aromatic heterocycles. The van der Waals surface area contributed by atoms with Gasteiger partial charge >= 0.3 is 5.97 Å². The Balaban J connectivity index is 3.54. The third-order valence-electron chi connectivity index (χ3n) is 1.31. The number of alkyl halides is 1. The van der Waals surface area contributed by atoms with Gasteiger partial charge in [0.25, 0.3) is 0 Å². The number of rotatable bonds is 5. The molecule has 0 rings (SSSR count). The summed E-state index contributed by atoms with van der Waals surface area (Å²) in [6, 6.07) is 0. The molecule has 0 amide bonds. The van der Waals surface area contributed by atoms with E-state index in [1.807, 2.05) is 0 Å². The molecular formula is C7H12BFO2. The van der Waals surface area contributed by atoms with Crippen LogP contribution in [0.2, 0.25) is 6.32 Å². The molecule has 1 atom stereocenters. The van der Waals surface area contributed by atoms with Gasteiger partial charge in [0, 0.05) is 0 Å². The van der Waals surface area contributed by atoms with Gasteiger partial charge in [0.1, 0.15) is 0 Å². The summed E-state index contributed by atoms with van der Waals surface area (Å²) >= 11 is 0. The van der Waals surface area contributed by atoms with Gasteiger partial charge in [-0.25, -0.2) is 0 Å². The van der Waals surface area contributed by atoms with Crippen LogP contribution in [-0.2, 0) is 9.53 Å². The molecule has 11 heavy (non-hydrogen) atoms. The lowest BCUT2D eigenvalue weighted by atomic mass is 9.90. The van der Waals surface area contributed by atoms with E-state index >= 15 is 0 Å². The molecule has 62 valence electrons. The maximum atomic E-state index is 12.0. The Kier molecular flexibility index (Phi) is 5.89. The SMILES string of the molecule is [B]C[C@@H](CF)CC(=O)OCC. The fourth-order valence-corrected chi connectivity index (χ4v) is 0.656. The Hall–Kier alpha value is -0.535. The van der Waals surface area contributed by atoms with E-state index in [4.69, 9.17) is 7.85 Å². The lowest BCUT2D eigenvalue weighted by Crippen LogP contribution is -2.12. The Morgan fingerprint density at radius 2 is 2.36 bits per heavy atom. The number of hydrogen-bond donors (Lipinski definition) is 0. The van der Waals surface area contributed by atoms with Gasteiger partial charge in [-0.15, -0.1) is 0 Å². The molecule has 0 bridgehead atoms.